The lowest BCUT2D eigenvalue weighted by molar-refractivity contribution is -0.159. The summed E-state index contributed by atoms with van der Waals surface area (Å²) in [5.41, 5.74) is 5.14. The van der Waals surface area contributed by atoms with Crippen molar-refractivity contribution in [3.05, 3.63) is 0 Å². The number of likely N-dealkylation sites (tertiary alicyclic amines) is 1. The van der Waals surface area contributed by atoms with E-state index in [0.717, 1.165) is 25.7 Å². The van der Waals surface area contributed by atoms with Crippen molar-refractivity contribution in [1.82, 2.24) is 4.90 Å². The normalized spacial score (nSPS) is 23.4. The third kappa shape index (κ3) is 4.20. The Bertz CT molecular complexity index is 355. The minimum atomic E-state index is -0.891. The molecule has 5 heteroatoms. The van der Waals surface area contributed by atoms with Gasteiger partial charge in [-0.05, 0) is 43.6 Å². The second-order valence-corrected chi connectivity index (χ2v) is 6.64. The Balaban J connectivity index is 2.67. The molecule has 3 N–H and O–H groups in total. The molecule has 0 aliphatic carbocycles. The molecule has 0 aromatic rings. The first-order valence-electron chi connectivity index (χ1n) is 7.52. The number of rotatable bonds is 6. The predicted octanol–water partition coefficient (Wildman–Crippen LogP) is 1.85. The van der Waals surface area contributed by atoms with E-state index < -0.39 is 12.0 Å². The zero-order valence-corrected chi connectivity index (χ0v) is 12.9. The van der Waals surface area contributed by atoms with Crippen LogP contribution in [0.5, 0.6) is 0 Å². The fraction of sp³-hybridized carbons (Fsp3) is 0.867. The van der Waals surface area contributed by atoms with Crippen LogP contribution in [0.3, 0.4) is 0 Å². The molecule has 0 radical (unpaired) electrons. The number of aliphatic carboxylic acids is 1. The first kappa shape index (κ1) is 17.0. The van der Waals surface area contributed by atoms with Crippen molar-refractivity contribution >= 4 is 11.9 Å². The first-order valence-corrected chi connectivity index (χ1v) is 7.52. The zero-order valence-electron chi connectivity index (χ0n) is 12.9. The van der Waals surface area contributed by atoms with Gasteiger partial charge in [0.1, 0.15) is 6.04 Å². The van der Waals surface area contributed by atoms with E-state index in [-0.39, 0.29) is 11.3 Å². The summed E-state index contributed by atoms with van der Waals surface area (Å²) >= 11 is 0. The fourth-order valence-electron chi connectivity index (χ4n) is 3.07. The van der Waals surface area contributed by atoms with E-state index in [2.05, 4.69) is 6.92 Å². The van der Waals surface area contributed by atoms with Gasteiger partial charge >= 0.3 is 5.97 Å². The fourth-order valence-corrected chi connectivity index (χ4v) is 3.07. The third-order valence-corrected chi connectivity index (χ3v) is 4.34. The topological polar surface area (TPSA) is 83.6 Å². The zero-order chi connectivity index (χ0) is 15.3. The minimum absolute atomic E-state index is 0.0333. The molecule has 116 valence electrons. The summed E-state index contributed by atoms with van der Waals surface area (Å²) in [5.74, 6) is -0.517. The van der Waals surface area contributed by atoms with Gasteiger partial charge < -0.3 is 15.7 Å². The molecule has 1 rings (SSSR count). The largest absolute Gasteiger partial charge is 0.480 e. The molecule has 0 saturated carbocycles. The van der Waals surface area contributed by atoms with Crippen LogP contribution in [0.1, 0.15) is 52.9 Å². The van der Waals surface area contributed by atoms with Gasteiger partial charge in [0.25, 0.3) is 0 Å². The maximum Gasteiger partial charge on any atom is 0.326 e. The number of hydrogen-bond acceptors (Lipinski definition) is 3. The van der Waals surface area contributed by atoms with Crippen LogP contribution in [-0.4, -0.2) is 41.0 Å². The maximum atomic E-state index is 12.3. The highest BCUT2D eigenvalue weighted by molar-refractivity contribution is 5.84. The van der Waals surface area contributed by atoms with Crippen LogP contribution in [0, 0.1) is 11.3 Å². The Morgan fingerprint density at radius 3 is 2.60 bits per heavy atom. The van der Waals surface area contributed by atoms with Gasteiger partial charge in [-0.3, -0.25) is 4.79 Å². The number of carboxylic acids is 1. The van der Waals surface area contributed by atoms with Crippen molar-refractivity contribution in [3.8, 4) is 0 Å². The van der Waals surface area contributed by atoms with E-state index >= 15 is 0 Å². The van der Waals surface area contributed by atoms with Crippen molar-refractivity contribution in [2.45, 2.75) is 58.9 Å². The van der Waals surface area contributed by atoms with E-state index in [1.165, 1.54) is 0 Å². The van der Waals surface area contributed by atoms with E-state index in [1.807, 2.05) is 13.8 Å². The monoisotopic (exact) mass is 284 g/mol. The molecule has 0 aromatic carbocycles. The van der Waals surface area contributed by atoms with Gasteiger partial charge in [0, 0.05) is 13.0 Å². The van der Waals surface area contributed by atoms with E-state index in [1.54, 1.807) is 4.90 Å². The smallest absolute Gasteiger partial charge is 0.326 e. The Morgan fingerprint density at radius 2 is 2.05 bits per heavy atom. The number of nitrogens with zero attached hydrogens (tertiary/aromatic N) is 1. The Morgan fingerprint density at radius 1 is 1.40 bits per heavy atom. The number of amides is 1. The number of hydrogen-bond donors (Lipinski definition) is 2. The average Bonchev–Trinajstić information content (AvgIpc) is 2.34. The van der Waals surface area contributed by atoms with Gasteiger partial charge in [-0.25, -0.2) is 4.79 Å². The van der Waals surface area contributed by atoms with E-state index in [4.69, 9.17) is 5.73 Å². The van der Waals surface area contributed by atoms with Gasteiger partial charge in [-0.1, -0.05) is 20.8 Å². The van der Waals surface area contributed by atoms with Gasteiger partial charge in [-0.2, -0.15) is 0 Å². The number of carboxylic acid groups (broad SMARTS) is 1. The van der Waals surface area contributed by atoms with Crippen molar-refractivity contribution in [2.24, 2.45) is 17.1 Å². The minimum Gasteiger partial charge on any atom is -0.480 e. The molecular formula is C15H28N2O3. The highest BCUT2D eigenvalue weighted by Gasteiger charge is 2.44. The summed E-state index contributed by atoms with van der Waals surface area (Å²) in [6, 6.07) is -0.700. The predicted molar refractivity (Wildman–Crippen MR) is 78.2 cm³/mol. The molecule has 20 heavy (non-hydrogen) atoms. The molecule has 1 amide bonds. The maximum absolute atomic E-state index is 12.3. The molecule has 1 aliphatic heterocycles. The SMILES string of the molecule is CC(CCN)CCC(=O)N1CCCC(C)(C)C1C(=O)O. The van der Waals surface area contributed by atoms with Crippen molar-refractivity contribution in [3.63, 3.8) is 0 Å². The van der Waals surface area contributed by atoms with Crippen molar-refractivity contribution in [2.75, 3.05) is 13.1 Å². The summed E-state index contributed by atoms with van der Waals surface area (Å²) in [6.45, 7) is 7.13. The van der Waals surface area contributed by atoms with Crippen LogP contribution in [0.2, 0.25) is 0 Å². The van der Waals surface area contributed by atoms with Crippen molar-refractivity contribution < 1.29 is 14.7 Å². The molecular weight excluding hydrogens is 256 g/mol. The van der Waals surface area contributed by atoms with Crippen molar-refractivity contribution in [1.29, 1.82) is 0 Å². The highest BCUT2D eigenvalue weighted by atomic mass is 16.4. The summed E-state index contributed by atoms with van der Waals surface area (Å²) in [6.07, 6.45) is 3.82. The lowest BCUT2D eigenvalue weighted by Crippen LogP contribution is -2.56. The van der Waals surface area contributed by atoms with Crippen LogP contribution >= 0.6 is 0 Å². The summed E-state index contributed by atoms with van der Waals surface area (Å²) in [5, 5.41) is 9.44. The van der Waals surface area contributed by atoms with Gasteiger partial charge in [0.15, 0.2) is 0 Å². The molecule has 2 unspecified atom stereocenters. The molecule has 1 heterocycles. The first-order chi connectivity index (χ1) is 9.29. The molecule has 0 bridgehead atoms. The molecule has 1 aliphatic rings. The van der Waals surface area contributed by atoms with Crippen LogP contribution < -0.4 is 5.73 Å². The van der Waals surface area contributed by atoms with Gasteiger partial charge in [0.2, 0.25) is 5.91 Å². The van der Waals surface area contributed by atoms with Crippen LogP contribution in [0.25, 0.3) is 0 Å². The number of carbonyl (C=O) groups excluding carboxylic acids is 1. The highest BCUT2D eigenvalue weighted by Crippen LogP contribution is 2.35. The third-order valence-electron chi connectivity index (χ3n) is 4.34. The number of carbonyl (C=O) groups is 2. The number of piperidine rings is 1. The quantitative estimate of drug-likeness (QED) is 0.779. The average molecular weight is 284 g/mol. The Hall–Kier alpha value is -1.10. The Kier molecular flexibility index (Phi) is 5.99. The lowest BCUT2D eigenvalue weighted by atomic mass is 9.76. The summed E-state index contributed by atoms with van der Waals surface area (Å²) in [7, 11) is 0. The second kappa shape index (κ2) is 7.07. The standard InChI is InChI=1S/C15H28N2O3/c1-11(7-9-16)5-6-12(18)17-10-4-8-15(2,3)13(17)14(19)20/h11,13H,4-10,16H2,1-3H3,(H,19,20). The van der Waals surface area contributed by atoms with E-state index in [9.17, 15) is 14.7 Å². The van der Waals surface area contributed by atoms with Gasteiger partial charge in [0.05, 0.1) is 0 Å². The molecule has 5 nitrogen and oxygen atoms in total. The van der Waals surface area contributed by atoms with Crippen LogP contribution in [0.4, 0.5) is 0 Å². The summed E-state index contributed by atoms with van der Waals surface area (Å²) in [4.78, 5) is 25.4. The molecule has 0 aromatic heterocycles. The molecule has 1 saturated heterocycles. The molecule has 0 spiro atoms. The molecule has 1 fully saturated rings. The second-order valence-electron chi connectivity index (χ2n) is 6.64. The van der Waals surface area contributed by atoms with E-state index in [0.29, 0.717) is 25.4 Å². The lowest BCUT2D eigenvalue weighted by Gasteiger charge is -2.44. The van der Waals surface area contributed by atoms with Crippen LogP contribution in [0.15, 0.2) is 0 Å². The van der Waals surface area contributed by atoms with Gasteiger partial charge in [-0.15, -0.1) is 0 Å². The van der Waals surface area contributed by atoms with Crippen LogP contribution in [-0.2, 0) is 9.59 Å². The number of nitrogens with two attached hydrogens (primary N) is 1. The Labute approximate surface area is 121 Å². The molecule has 2 atom stereocenters. The summed E-state index contributed by atoms with van der Waals surface area (Å²) < 4.78 is 0.